The van der Waals surface area contributed by atoms with Crippen LogP contribution in [0.25, 0.3) is 0 Å². The van der Waals surface area contributed by atoms with Gasteiger partial charge in [-0.1, -0.05) is 13.0 Å². The van der Waals surface area contributed by atoms with Crippen LogP contribution in [-0.4, -0.2) is 36.8 Å². The Balaban J connectivity index is 3.05. The van der Waals surface area contributed by atoms with Crippen LogP contribution in [0, 0.1) is 0 Å². The van der Waals surface area contributed by atoms with Crippen LogP contribution in [0.2, 0.25) is 0 Å². The molecule has 100 valence electrons. The standard InChI is InChI=1S/C11H15NO5S/c1-3-9(11(13)14)18(15,16)7-8-5-4-6-12-10(8)17-2/h4-6,9H,3,7H2,1-2H3,(H,13,14). The third-order valence-corrected chi connectivity index (χ3v) is 4.60. The predicted molar refractivity (Wildman–Crippen MR) is 65.1 cm³/mol. The number of aliphatic carboxylic acids is 1. The van der Waals surface area contributed by atoms with E-state index in [0.29, 0.717) is 5.56 Å². The minimum Gasteiger partial charge on any atom is -0.481 e. The maximum Gasteiger partial charge on any atom is 0.321 e. The van der Waals surface area contributed by atoms with Crippen molar-refractivity contribution in [3.63, 3.8) is 0 Å². The van der Waals surface area contributed by atoms with Crippen molar-refractivity contribution in [3.05, 3.63) is 23.9 Å². The third kappa shape index (κ3) is 3.19. The molecule has 0 spiro atoms. The fourth-order valence-corrected chi connectivity index (χ4v) is 3.29. The van der Waals surface area contributed by atoms with Crippen LogP contribution in [-0.2, 0) is 20.4 Å². The molecule has 0 aliphatic rings. The topological polar surface area (TPSA) is 93.6 Å². The first-order valence-corrected chi connectivity index (χ1v) is 7.06. The molecule has 0 fully saturated rings. The van der Waals surface area contributed by atoms with E-state index in [-0.39, 0.29) is 12.3 Å². The van der Waals surface area contributed by atoms with E-state index in [1.807, 2.05) is 0 Å². The molecule has 7 heteroatoms. The number of nitrogens with zero attached hydrogens (tertiary/aromatic N) is 1. The van der Waals surface area contributed by atoms with Gasteiger partial charge in [0.05, 0.1) is 12.9 Å². The fourth-order valence-electron chi connectivity index (χ4n) is 1.62. The molecule has 6 nitrogen and oxygen atoms in total. The molecule has 1 atom stereocenters. The summed E-state index contributed by atoms with van der Waals surface area (Å²) in [4.78, 5) is 14.8. The molecule has 0 aliphatic carbocycles. The van der Waals surface area contributed by atoms with Gasteiger partial charge in [-0.2, -0.15) is 0 Å². The molecule has 1 aromatic heterocycles. The lowest BCUT2D eigenvalue weighted by Crippen LogP contribution is -2.30. The van der Waals surface area contributed by atoms with Crippen LogP contribution >= 0.6 is 0 Å². The molecule has 1 N–H and O–H groups in total. The van der Waals surface area contributed by atoms with Gasteiger partial charge in [-0.05, 0) is 12.5 Å². The molecule has 1 aromatic rings. The van der Waals surface area contributed by atoms with Crippen molar-refractivity contribution in [2.45, 2.75) is 24.3 Å². The Morgan fingerprint density at radius 3 is 2.72 bits per heavy atom. The molecule has 0 aromatic carbocycles. The molecule has 0 saturated carbocycles. The fraction of sp³-hybridized carbons (Fsp3) is 0.455. The maximum atomic E-state index is 12.0. The smallest absolute Gasteiger partial charge is 0.321 e. The molecule has 18 heavy (non-hydrogen) atoms. The van der Waals surface area contributed by atoms with Gasteiger partial charge >= 0.3 is 5.97 Å². The number of carboxylic acids is 1. The number of rotatable bonds is 6. The Bertz CT molecular complexity index is 526. The Kier molecular flexibility index (Phi) is 4.66. The van der Waals surface area contributed by atoms with Gasteiger partial charge in [0.1, 0.15) is 0 Å². The minimum atomic E-state index is -3.78. The highest BCUT2D eigenvalue weighted by Gasteiger charge is 2.31. The van der Waals surface area contributed by atoms with Gasteiger partial charge in [0.15, 0.2) is 15.1 Å². The molecular formula is C11H15NO5S. The Hall–Kier alpha value is -1.63. The quantitative estimate of drug-likeness (QED) is 0.826. The second-order valence-corrected chi connectivity index (χ2v) is 5.90. The van der Waals surface area contributed by atoms with Crippen molar-refractivity contribution in [3.8, 4) is 5.88 Å². The van der Waals surface area contributed by atoms with Gasteiger partial charge in [-0.25, -0.2) is 13.4 Å². The Labute approximate surface area is 106 Å². The van der Waals surface area contributed by atoms with Gasteiger partial charge in [-0.15, -0.1) is 0 Å². The molecule has 1 rings (SSSR count). The second kappa shape index (κ2) is 5.81. The summed E-state index contributed by atoms with van der Waals surface area (Å²) < 4.78 is 28.9. The summed E-state index contributed by atoms with van der Waals surface area (Å²) in [6, 6.07) is 3.13. The summed E-state index contributed by atoms with van der Waals surface area (Å²) in [6.07, 6.45) is 1.50. The zero-order valence-electron chi connectivity index (χ0n) is 10.2. The van der Waals surface area contributed by atoms with Crippen LogP contribution in [0.15, 0.2) is 18.3 Å². The molecule has 0 amide bonds. The molecule has 0 radical (unpaired) electrons. The largest absolute Gasteiger partial charge is 0.481 e. The van der Waals surface area contributed by atoms with Crippen LogP contribution in [0.5, 0.6) is 5.88 Å². The summed E-state index contributed by atoms with van der Waals surface area (Å²) >= 11 is 0. The molecule has 0 bridgehead atoms. The van der Waals surface area contributed by atoms with Gasteiger partial charge < -0.3 is 9.84 Å². The van der Waals surface area contributed by atoms with Gasteiger partial charge in [0, 0.05) is 11.8 Å². The average molecular weight is 273 g/mol. The van der Waals surface area contributed by atoms with Crippen LogP contribution in [0.3, 0.4) is 0 Å². The van der Waals surface area contributed by atoms with E-state index in [1.54, 1.807) is 12.1 Å². The number of ether oxygens (including phenoxy) is 1. The highest BCUT2D eigenvalue weighted by atomic mass is 32.2. The number of carbonyl (C=O) groups is 1. The van der Waals surface area contributed by atoms with E-state index in [1.165, 1.54) is 20.2 Å². The third-order valence-electron chi connectivity index (χ3n) is 2.48. The Morgan fingerprint density at radius 2 is 2.22 bits per heavy atom. The summed E-state index contributed by atoms with van der Waals surface area (Å²) in [6.45, 7) is 1.52. The van der Waals surface area contributed by atoms with Crippen molar-refractivity contribution in [1.29, 1.82) is 0 Å². The number of hydrogen-bond donors (Lipinski definition) is 1. The first-order valence-electron chi connectivity index (χ1n) is 5.34. The van der Waals surface area contributed by atoms with E-state index < -0.39 is 26.8 Å². The monoisotopic (exact) mass is 273 g/mol. The van der Waals surface area contributed by atoms with E-state index in [2.05, 4.69) is 4.98 Å². The average Bonchev–Trinajstić information content (AvgIpc) is 2.29. The first-order chi connectivity index (χ1) is 8.42. The summed E-state index contributed by atoms with van der Waals surface area (Å²) in [5.74, 6) is -1.53. The summed E-state index contributed by atoms with van der Waals surface area (Å²) in [5.41, 5.74) is 0.361. The number of aromatic nitrogens is 1. The molecule has 0 aliphatic heterocycles. The molecule has 1 heterocycles. The van der Waals surface area contributed by atoms with Crippen molar-refractivity contribution < 1.29 is 23.1 Å². The zero-order valence-corrected chi connectivity index (χ0v) is 11.0. The number of hydrogen-bond acceptors (Lipinski definition) is 5. The van der Waals surface area contributed by atoms with Crippen molar-refractivity contribution in [2.24, 2.45) is 0 Å². The number of carboxylic acid groups (broad SMARTS) is 1. The van der Waals surface area contributed by atoms with Crippen LogP contribution in [0.4, 0.5) is 0 Å². The van der Waals surface area contributed by atoms with E-state index in [0.717, 1.165) is 0 Å². The Morgan fingerprint density at radius 1 is 1.56 bits per heavy atom. The summed E-state index contributed by atoms with van der Waals surface area (Å²) in [5, 5.41) is 7.49. The van der Waals surface area contributed by atoms with Crippen molar-refractivity contribution in [2.75, 3.05) is 7.11 Å². The lowest BCUT2D eigenvalue weighted by atomic mass is 10.3. The normalized spacial score (nSPS) is 13.0. The SMILES string of the molecule is CCC(C(=O)O)S(=O)(=O)Cc1cccnc1OC. The summed E-state index contributed by atoms with van der Waals surface area (Å²) in [7, 11) is -2.39. The van der Waals surface area contributed by atoms with E-state index in [9.17, 15) is 13.2 Å². The molecule has 1 unspecified atom stereocenters. The predicted octanol–water partition coefficient (Wildman–Crippen LogP) is 0.868. The van der Waals surface area contributed by atoms with Gasteiger partial charge in [-0.3, -0.25) is 4.79 Å². The van der Waals surface area contributed by atoms with Gasteiger partial charge in [0.25, 0.3) is 0 Å². The van der Waals surface area contributed by atoms with Crippen LogP contribution in [0.1, 0.15) is 18.9 Å². The number of pyridine rings is 1. The number of methoxy groups -OCH3 is 1. The highest BCUT2D eigenvalue weighted by molar-refractivity contribution is 7.92. The van der Waals surface area contributed by atoms with Crippen LogP contribution < -0.4 is 4.74 Å². The van der Waals surface area contributed by atoms with Gasteiger partial charge in [0.2, 0.25) is 5.88 Å². The lowest BCUT2D eigenvalue weighted by Gasteiger charge is -2.12. The second-order valence-electron chi connectivity index (χ2n) is 3.71. The van der Waals surface area contributed by atoms with Crippen molar-refractivity contribution in [1.82, 2.24) is 4.98 Å². The maximum absolute atomic E-state index is 12.0. The van der Waals surface area contributed by atoms with E-state index in [4.69, 9.17) is 9.84 Å². The first kappa shape index (κ1) is 14.4. The highest BCUT2D eigenvalue weighted by Crippen LogP contribution is 2.20. The number of sulfone groups is 1. The van der Waals surface area contributed by atoms with Crippen molar-refractivity contribution >= 4 is 15.8 Å². The zero-order chi connectivity index (χ0) is 13.8. The molecular weight excluding hydrogens is 258 g/mol. The minimum absolute atomic E-state index is 0.0280. The molecule has 0 saturated heterocycles. The lowest BCUT2D eigenvalue weighted by molar-refractivity contribution is -0.136. The van der Waals surface area contributed by atoms with E-state index >= 15 is 0 Å².